The Kier molecular flexibility index (Phi) is 5.74. The highest BCUT2D eigenvalue weighted by Crippen LogP contribution is 2.13. The molecule has 1 rings (SSSR count). The van der Waals surface area contributed by atoms with E-state index in [1.807, 2.05) is 6.92 Å². The van der Waals surface area contributed by atoms with Crippen molar-refractivity contribution in [3.8, 4) is 0 Å². The topological polar surface area (TPSA) is 104 Å². The van der Waals surface area contributed by atoms with Gasteiger partial charge in [-0.05, 0) is 12.8 Å². The number of aliphatic carboxylic acids is 1. The van der Waals surface area contributed by atoms with Gasteiger partial charge in [-0.3, -0.25) is 4.79 Å². The predicted molar refractivity (Wildman–Crippen MR) is 69.1 cm³/mol. The average molecular weight is 292 g/mol. The summed E-state index contributed by atoms with van der Waals surface area (Å²) in [5.41, 5.74) is 0. The van der Waals surface area contributed by atoms with Crippen LogP contribution in [0.1, 0.15) is 32.6 Å². The first-order valence-electron chi connectivity index (χ1n) is 6.37. The lowest BCUT2D eigenvalue weighted by atomic mass is 10.1. The molecular weight excluding hydrogens is 272 g/mol. The molecule has 1 fully saturated rings. The van der Waals surface area contributed by atoms with Gasteiger partial charge in [-0.1, -0.05) is 13.3 Å². The fourth-order valence-electron chi connectivity index (χ4n) is 1.98. The Hall–Kier alpha value is -1.15. The molecule has 1 heterocycles. The van der Waals surface area contributed by atoms with Gasteiger partial charge in [0.2, 0.25) is 15.9 Å². The van der Waals surface area contributed by atoms with E-state index in [1.165, 1.54) is 4.31 Å². The molecule has 0 aromatic carbocycles. The molecule has 7 nitrogen and oxygen atoms in total. The zero-order chi connectivity index (χ0) is 14.5. The molecule has 19 heavy (non-hydrogen) atoms. The highest BCUT2D eigenvalue weighted by molar-refractivity contribution is 7.89. The van der Waals surface area contributed by atoms with E-state index in [1.54, 1.807) is 0 Å². The molecule has 110 valence electrons. The van der Waals surface area contributed by atoms with Gasteiger partial charge in [-0.15, -0.1) is 0 Å². The maximum atomic E-state index is 11.6. The van der Waals surface area contributed by atoms with Crippen molar-refractivity contribution in [1.29, 1.82) is 0 Å². The van der Waals surface area contributed by atoms with Gasteiger partial charge in [0.05, 0.1) is 5.75 Å². The normalized spacial score (nSPS) is 20.1. The second-order valence-corrected chi connectivity index (χ2v) is 6.65. The number of sulfonamides is 1. The summed E-state index contributed by atoms with van der Waals surface area (Å²) in [6.07, 6.45) is 1.59. The first-order chi connectivity index (χ1) is 8.86. The van der Waals surface area contributed by atoms with Gasteiger partial charge in [0, 0.05) is 19.5 Å². The predicted octanol–water partition coefficient (Wildman–Crippen LogP) is -0.218. The third-order valence-corrected chi connectivity index (χ3v) is 4.96. The number of rotatable bonds is 7. The van der Waals surface area contributed by atoms with Crippen molar-refractivity contribution in [2.45, 2.75) is 38.6 Å². The number of carboxylic acids is 1. The minimum absolute atomic E-state index is 0.00722. The monoisotopic (exact) mass is 292 g/mol. The van der Waals surface area contributed by atoms with E-state index in [0.717, 1.165) is 0 Å². The summed E-state index contributed by atoms with van der Waals surface area (Å²) in [5, 5.41) is 11.3. The summed E-state index contributed by atoms with van der Waals surface area (Å²) >= 11 is 0. The minimum atomic E-state index is -3.20. The fourth-order valence-corrected chi connectivity index (χ4v) is 3.51. The van der Waals surface area contributed by atoms with Crippen molar-refractivity contribution in [2.24, 2.45) is 0 Å². The van der Waals surface area contributed by atoms with Gasteiger partial charge in [0.15, 0.2) is 0 Å². The van der Waals surface area contributed by atoms with Crippen molar-refractivity contribution in [3.05, 3.63) is 0 Å². The lowest BCUT2D eigenvalue weighted by Crippen LogP contribution is -2.42. The van der Waals surface area contributed by atoms with Crippen LogP contribution in [0.5, 0.6) is 0 Å². The third kappa shape index (κ3) is 4.79. The van der Waals surface area contributed by atoms with Gasteiger partial charge in [-0.25, -0.2) is 17.5 Å². The number of nitrogens with one attached hydrogen (secondary N) is 1. The molecule has 1 aliphatic heterocycles. The van der Waals surface area contributed by atoms with Crippen LogP contribution in [0.4, 0.5) is 0 Å². The maximum absolute atomic E-state index is 11.6. The number of carboxylic acid groups (broad SMARTS) is 1. The largest absolute Gasteiger partial charge is 0.480 e. The van der Waals surface area contributed by atoms with Crippen LogP contribution in [0.3, 0.4) is 0 Å². The van der Waals surface area contributed by atoms with Gasteiger partial charge < -0.3 is 10.4 Å². The summed E-state index contributed by atoms with van der Waals surface area (Å²) in [6, 6.07) is -0.896. The Bertz CT molecular complexity index is 434. The molecule has 1 atom stereocenters. The molecule has 0 spiro atoms. The molecule has 0 aromatic rings. The summed E-state index contributed by atoms with van der Waals surface area (Å²) in [5.74, 6) is -1.37. The number of nitrogens with zero attached hydrogens (tertiary/aromatic N) is 1. The number of carbonyl (C=O) groups is 2. The Labute approximate surface area is 113 Å². The van der Waals surface area contributed by atoms with Crippen LogP contribution < -0.4 is 5.32 Å². The van der Waals surface area contributed by atoms with Crippen molar-refractivity contribution in [3.63, 3.8) is 0 Å². The molecule has 2 N–H and O–H groups in total. The SMILES string of the molecule is CCCC(NC(=O)CCN1CCCS1(=O)=O)C(=O)O. The minimum Gasteiger partial charge on any atom is -0.480 e. The van der Waals surface area contributed by atoms with Crippen LogP contribution in [0.25, 0.3) is 0 Å². The molecule has 1 aliphatic rings. The van der Waals surface area contributed by atoms with Crippen LogP contribution in [0, 0.1) is 0 Å². The molecule has 0 aromatic heterocycles. The summed E-state index contributed by atoms with van der Waals surface area (Å²) in [7, 11) is -3.20. The van der Waals surface area contributed by atoms with E-state index in [9.17, 15) is 18.0 Å². The average Bonchev–Trinajstić information content (AvgIpc) is 2.65. The van der Waals surface area contributed by atoms with E-state index in [2.05, 4.69) is 5.32 Å². The fraction of sp³-hybridized carbons (Fsp3) is 0.818. The standard InChI is InChI=1S/C11H20N2O5S/c1-2-4-9(11(15)16)12-10(14)5-7-13-6-3-8-19(13,17)18/h9H,2-8H2,1H3,(H,12,14)(H,15,16). The third-order valence-electron chi connectivity index (χ3n) is 3.00. The van der Waals surface area contributed by atoms with Gasteiger partial charge in [0.25, 0.3) is 0 Å². The first-order valence-corrected chi connectivity index (χ1v) is 7.97. The summed E-state index contributed by atoms with van der Waals surface area (Å²) < 4.78 is 24.3. The van der Waals surface area contributed by atoms with Crippen LogP contribution in [-0.2, 0) is 19.6 Å². The Balaban J connectivity index is 2.41. The van der Waals surface area contributed by atoms with E-state index in [0.29, 0.717) is 25.8 Å². The Morgan fingerprint density at radius 2 is 2.11 bits per heavy atom. The number of hydrogen-bond donors (Lipinski definition) is 2. The number of amides is 1. The molecule has 1 unspecified atom stereocenters. The molecule has 1 saturated heterocycles. The van der Waals surface area contributed by atoms with E-state index in [4.69, 9.17) is 5.11 Å². The summed E-state index contributed by atoms with van der Waals surface area (Å²) in [4.78, 5) is 22.5. The Morgan fingerprint density at radius 1 is 1.42 bits per heavy atom. The molecule has 0 radical (unpaired) electrons. The first kappa shape index (κ1) is 15.9. The van der Waals surface area contributed by atoms with Crippen molar-refractivity contribution >= 4 is 21.9 Å². The van der Waals surface area contributed by atoms with Crippen LogP contribution in [-0.4, -0.2) is 54.6 Å². The van der Waals surface area contributed by atoms with Crippen molar-refractivity contribution in [2.75, 3.05) is 18.8 Å². The van der Waals surface area contributed by atoms with Crippen LogP contribution in [0.2, 0.25) is 0 Å². The molecule has 8 heteroatoms. The smallest absolute Gasteiger partial charge is 0.326 e. The van der Waals surface area contributed by atoms with Crippen molar-refractivity contribution in [1.82, 2.24) is 9.62 Å². The summed E-state index contributed by atoms with van der Waals surface area (Å²) in [6.45, 7) is 2.39. The van der Waals surface area contributed by atoms with E-state index in [-0.39, 0.29) is 18.7 Å². The molecule has 0 bridgehead atoms. The van der Waals surface area contributed by atoms with Crippen LogP contribution in [0.15, 0.2) is 0 Å². The zero-order valence-corrected chi connectivity index (χ0v) is 11.8. The van der Waals surface area contributed by atoms with E-state index >= 15 is 0 Å². The molecular formula is C11H20N2O5S. The molecule has 0 aliphatic carbocycles. The number of carbonyl (C=O) groups excluding carboxylic acids is 1. The van der Waals surface area contributed by atoms with Gasteiger partial charge >= 0.3 is 5.97 Å². The van der Waals surface area contributed by atoms with E-state index < -0.39 is 27.9 Å². The zero-order valence-electron chi connectivity index (χ0n) is 11.0. The lowest BCUT2D eigenvalue weighted by Gasteiger charge is -2.16. The lowest BCUT2D eigenvalue weighted by molar-refractivity contribution is -0.142. The molecule has 1 amide bonds. The highest BCUT2D eigenvalue weighted by Gasteiger charge is 2.28. The second kappa shape index (κ2) is 6.85. The number of hydrogen-bond acceptors (Lipinski definition) is 4. The maximum Gasteiger partial charge on any atom is 0.326 e. The highest BCUT2D eigenvalue weighted by atomic mass is 32.2. The second-order valence-electron chi connectivity index (χ2n) is 4.57. The quantitative estimate of drug-likeness (QED) is 0.675. The van der Waals surface area contributed by atoms with Gasteiger partial charge in [-0.2, -0.15) is 0 Å². The van der Waals surface area contributed by atoms with Crippen LogP contribution >= 0.6 is 0 Å². The van der Waals surface area contributed by atoms with Crippen molar-refractivity contribution < 1.29 is 23.1 Å². The molecule has 0 saturated carbocycles. The Morgan fingerprint density at radius 3 is 2.58 bits per heavy atom. The van der Waals surface area contributed by atoms with Gasteiger partial charge in [0.1, 0.15) is 6.04 Å².